The zero-order valence-electron chi connectivity index (χ0n) is 15.2. The number of carbonyl (C=O) groups is 1. The molecule has 0 radical (unpaired) electrons. The van der Waals surface area contributed by atoms with Crippen LogP contribution in [-0.4, -0.2) is 24.7 Å². The van der Waals surface area contributed by atoms with Gasteiger partial charge >= 0.3 is 0 Å². The van der Waals surface area contributed by atoms with E-state index in [1.165, 1.54) is 6.08 Å². The molecule has 0 unspecified atom stereocenters. The Morgan fingerprint density at radius 3 is 2.61 bits per heavy atom. The van der Waals surface area contributed by atoms with E-state index in [1.807, 2.05) is 6.07 Å². The number of amides is 1. The summed E-state index contributed by atoms with van der Waals surface area (Å²) in [5.41, 5.74) is 6.62. The minimum Gasteiger partial charge on any atom is -0.493 e. The zero-order chi connectivity index (χ0) is 20.4. The minimum absolute atomic E-state index is 0.245. The Kier molecular flexibility index (Phi) is 8.33. The maximum absolute atomic E-state index is 11.9. The summed E-state index contributed by atoms with van der Waals surface area (Å²) in [6, 6.07) is 12.4. The van der Waals surface area contributed by atoms with Crippen LogP contribution in [0.1, 0.15) is 5.56 Å². The van der Waals surface area contributed by atoms with Crippen LogP contribution in [0.25, 0.3) is 6.08 Å². The van der Waals surface area contributed by atoms with Gasteiger partial charge in [-0.25, -0.2) is 0 Å². The average molecular weight is 418 g/mol. The fraction of sp³-hybridized carbons (Fsp3) is 0.100. The molecule has 1 amide bonds. The summed E-state index contributed by atoms with van der Waals surface area (Å²) in [6.07, 6.45) is 4.67. The van der Waals surface area contributed by atoms with E-state index in [-0.39, 0.29) is 11.0 Å². The Labute approximate surface area is 174 Å². The highest BCUT2D eigenvalue weighted by molar-refractivity contribution is 7.80. The first-order valence-corrected chi connectivity index (χ1v) is 9.03. The van der Waals surface area contributed by atoms with Gasteiger partial charge in [0.05, 0.1) is 7.11 Å². The number of ether oxygens (including phenoxy) is 2. The molecule has 0 saturated heterocycles. The molecule has 0 aliphatic rings. The van der Waals surface area contributed by atoms with Crippen molar-refractivity contribution in [1.29, 1.82) is 0 Å². The summed E-state index contributed by atoms with van der Waals surface area (Å²) in [5, 5.41) is 3.79. The zero-order valence-corrected chi connectivity index (χ0v) is 16.8. The van der Waals surface area contributed by atoms with Crippen molar-refractivity contribution >= 4 is 46.6 Å². The summed E-state index contributed by atoms with van der Waals surface area (Å²) in [7, 11) is 1.55. The largest absolute Gasteiger partial charge is 0.493 e. The Morgan fingerprint density at radius 1 is 1.18 bits per heavy atom. The molecule has 0 aromatic heterocycles. The van der Waals surface area contributed by atoms with Crippen LogP contribution in [0.2, 0.25) is 5.02 Å². The van der Waals surface area contributed by atoms with Crippen LogP contribution in [0, 0.1) is 0 Å². The first kappa shape index (κ1) is 21.3. The monoisotopic (exact) mass is 417 g/mol. The van der Waals surface area contributed by atoms with Crippen LogP contribution in [0.3, 0.4) is 0 Å². The lowest BCUT2D eigenvalue weighted by molar-refractivity contribution is -0.116. The normalized spacial score (nSPS) is 10.2. The van der Waals surface area contributed by atoms with Gasteiger partial charge in [-0.15, -0.1) is 0 Å². The van der Waals surface area contributed by atoms with Crippen LogP contribution in [0.15, 0.2) is 61.2 Å². The first-order valence-electron chi connectivity index (χ1n) is 8.24. The molecular weight excluding hydrogens is 398 g/mol. The van der Waals surface area contributed by atoms with Gasteiger partial charge in [0.25, 0.3) is 5.91 Å². The van der Waals surface area contributed by atoms with Crippen molar-refractivity contribution in [3.8, 4) is 11.5 Å². The van der Waals surface area contributed by atoms with Crippen molar-refractivity contribution in [2.75, 3.05) is 19.0 Å². The third kappa shape index (κ3) is 6.94. The molecule has 0 spiro atoms. The summed E-state index contributed by atoms with van der Waals surface area (Å²) < 4.78 is 10.8. The molecule has 2 rings (SSSR count). The lowest BCUT2D eigenvalue weighted by Crippen LogP contribution is -2.43. The maximum atomic E-state index is 11.9. The second-order valence-corrected chi connectivity index (χ2v) is 6.26. The second-order valence-electron chi connectivity index (χ2n) is 5.42. The third-order valence-corrected chi connectivity index (χ3v) is 3.83. The fourth-order valence-corrected chi connectivity index (χ4v) is 2.38. The van der Waals surface area contributed by atoms with Crippen molar-refractivity contribution in [2.24, 2.45) is 0 Å². The summed E-state index contributed by atoms with van der Waals surface area (Å²) in [4.78, 5) is 11.9. The summed E-state index contributed by atoms with van der Waals surface area (Å²) >= 11 is 10.9. The number of benzene rings is 2. The van der Waals surface area contributed by atoms with Gasteiger partial charge < -0.3 is 14.8 Å². The summed E-state index contributed by atoms with van der Waals surface area (Å²) in [6.45, 7) is 3.99. The topological polar surface area (TPSA) is 71.6 Å². The standard InChI is InChI=1S/C20H20ClN3O3S/c1-3-12-27-17-10-4-14(13-18(17)26-2)5-11-19(25)23-24-20(28)22-16-8-6-15(21)7-9-16/h3-11,13H,1,12H2,2H3,(H,23,25)(H2,22,24,28)/b11-5+. The van der Waals surface area contributed by atoms with Crippen LogP contribution < -0.4 is 25.6 Å². The highest BCUT2D eigenvalue weighted by atomic mass is 35.5. The van der Waals surface area contributed by atoms with E-state index in [0.717, 1.165) is 11.3 Å². The van der Waals surface area contributed by atoms with Crippen molar-refractivity contribution in [1.82, 2.24) is 10.9 Å². The van der Waals surface area contributed by atoms with E-state index < -0.39 is 0 Å². The molecule has 28 heavy (non-hydrogen) atoms. The molecule has 8 heteroatoms. The van der Waals surface area contributed by atoms with Gasteiger partial charge in [-0.05, 0) is 60.3 Å². The smallest absolute Gasteiger partial charge is 0.262 e. The number of rotatable bonds is 7. The number of nitrogens with one attached hydrogen (secondary N) is 3. The predicted octanol–water partition coefficient (Wildman–Crippen LogP) is 3.94. The number of halogens is 1. The lowest BCUT2D eigenvalue weighted by atomic mass is 10.2. The summed E-state index contributed by atoms with van der Waals surface area (Å²) in [5.74, 6) is 0.798. The van der Waals surface area contributed by atoms with E-state index in [9.17, 15) is 4.79 Å². The average Bonchev–Trinajstić information content (AvgIpc) is 2.71. The van der Waals surface area contributed by atoms with Gasteiger partial charge in [0.15, 0.2) is 16.6 Å². The number of hydrogen-bond acceptors (Lipinski definition) is 4. The number of anilines is 1. The Bertz CT molecular complexity index is 869. The number of carbonyl (C=O) groups excluding carboxylic acids is 1. The van der Waals surface area contributed by atoms with Gasteiger partial charge in [0.2, 0.25) is 0 Å². The number of hydrazine groups is 1. The third-order valence-electron chi connectivity index (χ3n) is 3.37. The van der Waals surface area contributed by atoms with Gasteiger partial charge in [-0.3, -0.25) is 15.6 Å². The van der Waals surface area contributed by atoms with Crippen LogP contribution >= 0.6 is 23.8 Å². The predicted molar refractivity (Wildman–Crippen MR) is 117 cm³/mol. The lowest BCUT2D eigenvalue weighted by Gasteiger charge is -2.11. The molecule has 0 fully saturated rings. The number of thiocarbonyl (C=S) groups is 1. The number of hydrogen-bond donors (Lipinski definition) is 3. The van der Waals surface area contributed by atoms with Crippen LogP contribution in [-0.2, 0) is 4.79 Å². The Morgan fingerprint density at radius 2 is 1.93 bits per heavy atom. The van der Waals surface area contributed by atoms with Crippen molar-refractivity contribution in [3.05, 3.63) is 71.8 Å². The van der Waals surface area contributed by atoms with Crippen LogP contribution in [0.4, 0.5) is 5.69 Å². The molecule has 146 valence electrons. The van der Waals surface area contributed by atoms with Gasteiger partial charge in [0, 0.05) is 16.8 Å². The van der Waals surface area contributed by atoms with Gasteiger partial charge in [-0.1, -0.05) is 30.3 Å². The first-order chi connectivity index (χ1) is 13.5. The minimum atomic E-state index is -0.369. The molecule has 0 saturated carbocycles. The molecular formula is C20H20ClN3O3S. The Balaban J connectivity index is 1.86. The molecule has 3 N–H and O–H groups in total. The molecule has 6 nitrogen and oxygen atoms in total. The van der Waals surface area contributed by atoms with Gasteiger partial charge in [0.1, 0.15) is 6.61 Å². The fourth-order valence-electron chi connectivity index (χ4n) is 2.08. The molecule has 0 bridgehead atoms. The van der Waals surface area contributed by atoms with E-state index in [2.05, 4.69) is 22.7 Å². The molecule has 2 aromatic carbocycles. The van der Waals surface area contributed by atoms with Crippen molar-refractivity contribution in [2.45, 2.75) is 0 Å². The van der Waals surface area contributed by atoms with Crippen molar-refractivity contribution in [3.63, 3.8) is 0 Å². The highest BCUT2D eigenvalue weighted by Gasteiger charge is 2.05. The molecule has 0 atom stereocenters. The quantitative estimate of drug-likeness (QED) is 0.274. The van der Waals surface area contributed by atoms with Gasteiger partial charge in [-0.2, -0.15) is 0 Å². The van der Waals surface area contributed by atoms with E-state index in [0.29, 0.717) is 23.1 Å². The van der Waals surface area contributed by atoms with E-state index >= 15 is 0 Å². The maximum Gasteiger partial charge on any atom is 0.262 e. The second kappa shape index (κ2) is 11.0. The van der Waals surface area contributed by atoms with E-state index in [1.54, 1.807) is 55.7 Å². The highest BCUT2D eigenvalue weighted by Crippen LogP contribution is 2.28. The molecule has 0 aliphatic heterocycles. The molecule has 2 aromatic rings. The molecule has 0 aliphatic carbocycles. The number of methoxy groups -OCH3 is 1. The Hall–Kier alpha value is -3.03. The SMILES string of the molecule is C=CCOc1ccc(/C=C/C(=O)NNC(=S)Nc2ccc(Cl)cc2)cc1OC. The van der Waals surface area contributed by atoms with Crippen LogP contribution in [0.5, 0.6) is 11.5 Å². The van der Waals surface area contributed by atoms with E-state index in [4.69, 9.17) is 33.3 Å². The van der Waals surface area contributed by atoms with Crippen molar-refractivity contribution < 1.29 is 14.3 Å². The molecule has 0 heterocycles.